The van der Waals surface area contributed by atoms with Gasteiger partial charge in [-0.05, 0) is 35.1 Å². The highest BCUT2D eigenvalue weighted by molar-refractivity contribution is 5.54. The molecule has 0 saturated carbocycles. The van der Waals surface area contributed by atoms with E-state index >= 15 is 0 Å². The van der Waals surface area contributed by atoms with Gasteiger partial charge in [-0.1, -0.05) is 48.6 Å². The Balaban J connectivity index is 1.54. The predicted octanol–water partition coefficient (Wildman–Crippen LogP) is 0.0384. The van der Waals surface area contributed by atoms with Gasteiger partial charge in [0.1, 0.15) is 23.9 Å². The summed E-state index contributed by atoms with van der Waals surface area (Å²) in [7, 11) is 0. The Bertz CT molecular complexity index is 788. The fourth-order valence-corrected chi connectivity index (χ4v) is 4.69. The largest absolute Gasteiger partial charge is 0.394 e. The van der Waals surface area contributed by atoms with Gasteiger partial charge in [-0.25, -0.2) is 0 Å². The fourth-order valence-electron chi connectivity index (χ4n) is 4.69. The Hall–Kier alpha value is -1.80. The smallest absolute Gasteiger partial charge is 0.122 e. The summed E-state index contributed by atoms with van der Waals surface area (Å²) in [5.74, 6) is -0.286. The van der Waals surface area contributed by atoms with E-state index in [1.54, 1.807) is 0 Å². The summed E-state index contributed by atoms with van der Waals surface area (Å²) in [5.41, 5.74) is 1.75. The van der Waals surface area contributed by atoms with Crippen LogP contribution < -0.4 is 0 Å². The summed E-state index contributed by atoms with van der Waals surface area (Å²) in [6.07, 6.45) is 9.04. The van der Waals surface area contributed by atoms with Crippen molar-refractivity contribution in [1.29, 1.82) is 0 Å². The molecule has 4 rings (SSSR count). The molecule has 6 nitrogen and oxygen atoms in total. The lowest BCUT2D eigenvalue weighted by Crippen LogP contribution is -2.61. The Morgan fingerprint density at radius 1 is 0.714 bits per heavy atom. The second-order valence-corrected chi connectivity index (χ2v) is 8.08. The zero-order valence-corrected chi connectivity index (χ0v) is 15.4. The van der Waals surface area contributed by atoms with Crippen LogP contribution in [0.15, 0.2) is 70.9 Å². The molecule has 6 heteroatoms. The molecule has 28 heavy (non-hydrogen) atoms. The maximum Gasteiger partial charge on any atom is 0.122 e. The second kappa shape index (κ2) is 7.22. The van der Waals surface area contributed by atoms with Crippen molar-refractivity contribution >= 4 is 0 Å². The topological polar surface area (TPSA) is 121 Å². The molecule has 0 aromatic carbocycles. The number of aliphatic hydroxyl groups excluding tert-OH is 5. The minimum Gasteiger partial charge on any atom is -0.394 e. The lowest BCUT2D eigenvalue weighted by Gasteiger charge is -2.42. The van der Waals surface area contributed by atoms with Gasteiger partial charge in [0.05, 0.1) is 12.7 Å². The van der Waals surface area contributed by atoms with Gasteiger partial charge < -0.3 is 30.6 Å². The number of rotatable bonds is 9. The van der Waals surface area contributed by atoms with E-state index in [0.717, 1.165) is 22.3 Å². The molecule has 150 valence electrons. The highest BCUT2D eigenvalue weighted by Gasteiger charge is 2.51. The zero-order chi connectivity index (χ0) is 20.1. The molecule has 5 atom stereocenters. The predicted molar refractivity (Wildman–Crippen MR) is 103 cm³/mol. The number of hydrogen-bond donors (Lipinski definition) is 6. The first-order chi connectivity index (χ1) is 13.3. The van der Waals surface area contributed by atoms with Gasteiger partial charge in [0.15, 0.2) is 0 Å². The minimum atomic E-state index is -2.20. The summed E-state index contributed by atoms with van der Waals surface area (Å²) < 4.78 is 0. The molecule has 0 fully saturated rings. The second-order valence-electron chi connectivity index (χ2n) is 8.08. The summed E-state index contributed by atoms with van der Waals surface area (Å²) in [5, 5.41) is 62.7. The first-order valence-electron chi connectivity index (χ1n) is 9.60. The standard InChI is InChI=1S/C22H26O6/c23-11-19(25)21(27)22(28,10-17-14-5-6-15(17)8-7-14)20(26)18(24)9-16-12-1-2-13(16)4-3-12/h1-8,16-21,23-28H,9-11H2/t18?,19-,20+,21+,22+/m0/s1. The van der Waals surface area contributed by atoms with Gasteiger partial charge in [0, 0.05) is 11.8 Å². The molecule has 4 aliphatic rings. The van der Waals surface area contributed by atoms with Crippen molar-refractivity contribution in [3.05, 3.63) is 70.9 Å². The van der Waals surface area contributed by atoms with Gasteiger partial charge >= 0.3 is 0 Å². The minimum absolute atomic E-state index is 0.0523. The number of hydrogen-bond acceptors (Lipinski definition) is 6. The van der Waals surface area contributed by atoms with Gasteiger partial charge in [0.25, 0.3) is 0 Å². The molecule has 0 radical (unpaired) electrons. The summed E-state index contributed by atoms with van der Waals surface area (Å²) >= 11 is 0. The molecule has 0 amide bonds. The van der Waals surface area contributed by atoms with Crippen LogP contribution in [0.4, 0.5) is 0 Å². The van der Waals surface area contributed by atoms with Crippen molar-refractivity contribution in [2.24, 2.45) is 11.8 Å². The highest BCUT2D eigenvalue weighted by atomic mass is 16.4. The summed E-state index contributed by atoms with van der Waals surface area (Å²) in [6, 6.07) is 0. The van der Waals surface area contributed by atoms with Gasteiger partial charge in [0.2, 0.25) is 0 Å². The van der Waals surface area contributed by atoms with Crippen LogP contribution in [0.2, 0.25) is 0 Å². The van der Waals surface area contributed by atoms with Crippen molar-refractivity contribution < 1.29 is 30.6 Å². The summed E-state index contributed by atoms with van der Waals surface area (Å²) in [6.45, 7) is -0.771. The van der Waals surface area contributed by atoms with E-state index in [1.807, 2.05) is 48.6 Å². The van der Waals surface area contributed by atoms with E-state index < -0.39 is 36.6 Å². The van der Waals surface area contributed by atoms with Crippen LogP contribution in [0.1, 0.15) is 12.8 Å². The number of fused-ring (bicyclic) bond motifs is 4. The monoisotopic (exact) mass is 386 g/mol. The van der Waals surface area contributed by atoms with Crippen molar-refractivity contribution in [3.8, 4) is 0 Å². The highest BCUT2D eigenvalue weighted by Crippen LogP contribution is 2.44. The summed E-state index contributed by atoms with van der Waals surface area (Å²) in [4.78, 5) is 0. The Morgan fingerprint density at radius 2 is 1.14 bits per heavy atom. The fraction of sp³-hybridized carbons (Fsp3) is 0.455. The first-order valence-corrected chi connectivity index (χ1v) is 9.60. The van der Waals surface area contributed by atoms with E-state index in [4.69, 9.17) is 0 Å². The molecular formula is C22H26O6. The van der Waals surface area contributed by atoms with Crippen molar-refractivity contribution in [2.45, 2.75) is 42.9 Å². The molecule has 0 spiro atoms. The third-order valence-electron chi connectivity index (χ3n) is 6.43. The van der Waals surface area contributed by atoms with Crippen LogP contribution >= 0.6 is 0 Å². The van der Waals surface area contributed by atoms with Crippen molar-refractivity contribution in [2.75, 3.05) is 6.61 Å². The van der Waals surface area contributed by atoms with E-state index in [2.05, 4.69) is 0 Å². The van der Waals surface area contributed by atoms with Crippen LogP contribution in [0.25, 0.3) is 0 Å². The van der Waals surface area contributed by atoms with Crippen LogP contribution in [-0.2, 0) is 0 Å². The molecule has 0 aromatic heterocycles. The van der Waals surface area contributed by atoms with Crippen LogP contribution in [0.5, 0.6) is 0 Å². The third-order valence-corrected chi connectivity index (χ3v) is 6.43. The van der Waals surface area contributed by atoms with Gasteiger partial charge in [-0.2, -0.15) is 0 Å². The molecule has 1 unspecified atom stereocenters. The SMILES string of the molecule is OC[C@H](O)[C@@H](O)[C@@](O)(CC1C2=CC=C1C=C2)[C@H](O)C(O)CC1C2=CC=C1C=C2. The molecule has 0 heterocycles. The zero-order valence-electron chi connectivity index (χ0n) is 15.4. The van der Waals surface area contributed by atoms with Gasteiger partial charge in [-0.3, -0.25) is 0 Å². The normalized spacial score (nSPS) is 26.6. The molecule has 0 aromatic rings. The quantitative estimate of drug-likeness (QED) is 0.333. The third kappa shape index (κ3) is 3.06. The van der Waals surface area contributed by atoms with Gasteiger partial charge in [-0.15, -0.1) is 0 Å². The van der Waals surface area contributed by atoms with E-state index in [1.165, 1.54) is 0 Å². The first kappa shape index (κ1) is 19.5. The van der Waals surface area contributed by atoms with E-state index in [-0.39, 0.29) is 24.7 Å². The Morgan fingerprint density at radius 3 is 1.57 bits per heavy atom. The van der Waals surface area contributed by atoms with Crippen LogP contribution in [0.3, 0.4) is 0 Å². The van der Waals surface area contributed by atoms with Crippen molar-refractivity contribution in [3.63, 3.8) is 0 Å². The Kier molecular flexibility index (Phi) is 5.03. The lowest BCUT2D eigenvalue weighted by molar-refractivity contribution is -0.210. The van der Waals surface area contributed by atoms with E-state index in [9.17, 15) is 30.6 Å². The van der Waals surface area contributed by atoms with Crippen LogP contribution in [0, 0.1) is 11.8 Å². The van der Waals surface area contributed by atoms with Crippen molar-refractivity contribution in [1.82, 2.24) is 0 Å². The maximum absolute atomic E-state index is 11.3. The molecule has 0 aliphatic heterocycles. The molecule has 0 saturated heterocycles. The average molecular weight is 386 g/mol. The molecule has 4 aliphatic carbocycles. The van der Waals surface area contributed by atoms with E-state index in [0.29, 0.717) is 0 Å². The van der Waals surface area contributed by atoms with Crippen LogP contribution in [-0.4, -0.2) is 67.3 Å². The molecular weight excluding hydrogens is 360 g/mol. The average Bonchev–Trinajstić information content (AvgIpc) is 3.48. The maximum atomic E-state index is 11.3. The number of allylic oxidation sites excluding steroid dienone is 12. The Labute approximate surface area is 163 Å². The molecule has 6 N–H and O–H groups in total. The lowest BCUT2D eigenvalue weighted by atomic mass is 9.74. The number of aliphatic hydroxyl groups is 6. The molecule has 4 bridgehead atoms.